The van der Waals surface area contributed by atoms with Crippen molar-refractivity contribution in [2.24, 2.45) is 5.92 Å². The fourth-order valence-corrected chi connectivity index (χ4v) is 2.17. The van der Waals surface area contributed by atoms with Gasteiger partial charge >= 0.3 is 0 Å². The Morgan fingerprint density at radius 2 is 2.00 bits per heavy atom. The lowest BCUT2D eigenvalue weighted by molar-refractivity contribution is 0.0638. The molecule has 0 aromatic rings. The molecule has 2 atom stereocenters. The summed E-state index contributed by atoms with van der Waals surface area (Å²) in [5, 5.41) is 9.10. The molecule has 1 fully saturated rings. The number of hydrogen-bond donors (Lipinski definition) is 1. The molecule has 1 N–H and O–H groups in total. The summed E-state index contributed by atoms with van der Waals surface area (Å²) in [7, 11) is 0. The Hall–Kier alpha value is -0.0800. The van der Waals surface area contributed by atoms with Crippen LogP contribution < -0.4 is 0 Å². The molecule has 0 bridgehead atoms. The summed E-state index contributed by atoms with van der Waals surface area (Å²) in [6, 6.07) is 0. The number of rotatable bonds is 7. The van der Waals surface area contributed by atoms with Crippen molar-refractivity contribution in [3.63, 3.8) is 0 Å². The first-order chi connectivity index (χ1) is 6.88. The smallest absolute Gasteiger partial charge is 0.0626 e. The van der Waals surface area contributed by atoms with Crippen molar-refractivity contribution in [2.75, 3.05) is 13.2 Å². The van der Waals surface area contributed by atoms with E-state index in [2.05, 4.69) is 6.92 Å². The van der Waals surface area contributed by atoms with Crippen molar-refractivity contribution in [2.45, 2.75) is 58.0 Å². The SMILES string of the molecule is CCCCCCCC1OCCC1CO. The molecule has 1 rings (SSSR count). The summed E-state index contributed by atoms with van der Waals surface area (Å²) in [5.41, 5.74) is 0. The van der Waals surface area contributed by atoms with Gasteiger partial charge in [0.05, 0.1) is 6.10 Å². The van der Waals surface area contributed by atoms with E-state index in [0.717, 1.165) is 19.4 Å². The van der Waals surface area contributed by atoms with Crippen LogP contribution in [0.4, 0.5) is 0 Å². The molecular weight excluding hydrogens is 176 g/mol. The van der Waals surface area contributed by atoms with Crippen LogP contribution in [0, 0.1) is 5.92 Å². The molecule has 0 aromatic carbocycles. The van der Waals surface area contributed by atoms with Crippen molar-refractivity contribution < 1.29 is 9.84 Å². The Morgan fingerprint density at radius 3 is 2.71 bits per heavy atom. The van der Waals surface area contributed by atoms with E-state index in [9.17, 15) is 0 Å². The van der Waals surface area contributed by atoms with Gasteiger partial charge in [0.2, 0.25) is 0 Å². The average molecular weight is 200 g/mol. The third-order valence-electron chi connectivity index (χ3n) is 3.17. The van der Waals surface area contributed by atoms with Gasteiger partial charge in [-0.05, 0) is 12.8 Å². The fraction of sp³-hybridized carbons (Fsp3) is 1.00. The molecule has 2 nitrogen and oxygen atoms in total. The predicted octanol–water partition coefficient (Wildman–Crippen LogP) is 2.74. The third-order valence-corrected chi connectivity index (χ3v) is 3.17. The molecule has 1 aliphatic rings. The minimum Gasteiger partial charge on any atom is -0.396 e. The van der Waals surface area contributed by atoms with Gasteiger partial charge in [0.25, 0.3) is 0 Å². The highest BCUT2D eigenvalue weighted by Crippen LogP contribution is 2.24. The normalized spacial score (nSPS) is 27.0. The van der Waals surface area contributed by atoms with Gasteiger partial charge in [-0.2, -0.15) is 0 Å². The van der Waals surface area contributed by atoms with Crippen LogP contribution >= 0.6 is 0 Å². The second-order valence-electron chi connectivity index (χ2n) is 4.34. The molecule has 1 aliphatic heterocycles. The molecule has 14 heavy (non-hydrogen) atoms. The topological polar surface area (TPSA) is 29.5 Å². The van der Waals surface area contributed by atoms with E-state index in [1.165, 1.54) is 32.1 Å². The van der Waals surface area contributed by atoms with E-state index < -0.39 is 0 Å². The molecule has 0 aliphatic carbocycles. The van der Waals surface area contributed by atoms with Crippen LogP contribution in [-0.2, 0) is 4.74 Å². The monoisotopic (exact) mass is 200 g/mol. The number of aliphatic hydroxyl groups excluding tert-OH is 1. The van der Waals surface area contributed by atoms with Crippen LogP contribution in [0.3, 0.4) is 0 Å². The number of aliphatic hydroxyl groups is 1. The second-order valence-corrected chi connectivity index (χ2v) is 4.34. The van der Waals surface area contributed by atoms with Crippen LogP contribution in [0.15, 0.2) is 0 Å². The number of hydrogen-bond acceptors (Lipinski definition) is 2. The first-order valence-corrected chi connectivity index (χ1v) is 6.11. The molecule has 0 amide bonds. The van der Waals surface area contributed by atoms with Crippen LogP contribution in [-0.4, -0.2) is 24.4 Å². The van der Waals surface area contributed by atoms with Gasteiger partial charge < -0.3 is 9.84 Å². The van der Waals surface area contributed by atoms with Crippen molar-refractivity contribution in [1.82, 2.24) is 0 Å². The summed E-state index contributed by atoms with van der Waals surface area (Å²) in [6.45, 7) is 3.40. The highest BCUT2D eigenvalue weighted by atomic mass is 16.5. The summed E-state index contributed by atoms with van der Waals surface area (Å²) in [6.07, 6.45) is 9.15. The van der Waals surface area contributed by atoms with Crippen molar-refractivity contribution >= 4 is 0 Å². The van der Waals surface area contributed by atoms with Gasteiger partial charge in [0.1, 0.15) is 0 Å². The zero-order valence-electron chi connectivity index (χ0n) is 9.37. The fourth-order valence-electron chi connectivity index (χ4n) is 2.17. The maximum Gasteiger partial charge on any atom is 0.0626 e. The van der Waals surface area contributed by atoms with Gasteiger partial charge in [0, 0.05) is 19.1 Å². The molecule has 2 heteroatoms. The Labute approximate surface area is 87.7 Å². The van der Waals surface area contributed by atoms with E-state index >= 15 is 0 Å². The van der Waals surface area contributed by atoms with Crippen LogP contribution in [0.1, 0.15) is 51.9 Å². The standard InChI is InChI=1S/C12H24O2/c1-2-3-4-5-6-7-12-11(10-13)8-9-14-12/h11-13H,2-10H2,1H3. The summed E-state index contributed by atoms with van der Waals surface area (Å²) < 4.78 is 5.60. The quantitative estimate of drug-likeness (QED) is 0.640. The molecule has 84 valence electrons. The third kappa shape index (κ3) is 3.97. The maximum atomic E-state index is 9.10. The van der Waals surface area contributed by atoms with Crippen LogP contribution in [0.2, 0.25) is 0 Å². The average Bonchev–Trinajstić information content (AvgIpc) is 2.65. The summed E-state index contributed by atoms with van der Waals surface area (Å²) >= 11 is 0. The van der Waals surface area contributed by atoms with E-state index in [0.29, 0.717) is 18.6 Å². The second kappa shape index (κ2) is 7.24. The summed E-state index contributed by atoms with van der Waals surface area (Å²) in [4.78, 5) is 0. The zero-order chi connectivity index (χ0) is 10.2. The lowest BCUT2D eigenvalue weighted by Gasteiger charge is -2.15. The lowest BCUT2D eigenvalue weighted by atomic mass is 9.97. The Bertz CT molecular complexity index is 136. The molecule has 1 saturated heterocycles. The van der Waals surface area contributed by atoms with E-state index in [1.54, 1.807) is 0 Å². The minimum atomic E-state index is 0.305. The van der Waals surface area contributed by atoms with E-state index in [4.69, 9.17) is 9.84 Å². The zero-order valence-corrected chi connectivity index (χ0v) is 9.37. The summed E-state index contributed by atoms with van der Waals surface area (Å²) in [5.74, 6) is 0.418. The first kappa shape index (κ1) is 12.0. The van der Waals surface area contributed by atoms with Gasteiger partial charge in [-0.15, -0.1) is 0 Å². The van der Waals surface area contributed by atoms with E-state index in [-0.39, 0.29) is 0 Å². The van der Waals surface area contributed by atoms with Crippen molar-refractivity contribution in [3.05, 3.63) is 0 Å². The molecule has 2 unspecified atom stereocenters. The van der Waals surface area contributed by atoms with Crippen molar-refractivity contribution in [1.29, 1.82) is 0 Å². The molecule has 0 spiro atoms. The molecule has 1 heterocycles. The van der Waals surface area contributed by atoms with Crippen LogP contribution in [0.25, 0.3) is 0 Å². The van der Waals surface area contributed by atoms with Gasteiger partial charge in [-0.1, -0.05) is 39.0 Å². The number of unbranched alkanes of at least 4 members (excludes halogenated alkanes) is 4. The van der Waals surface area contributed by atoms with Crippen molar-refractivity contribution in [3.8, 4) is 0 Å². The Balaban J connectivity index is 2.00. The predicted molar refractivity (Wildman–Crippen MR) is 58.3 cm³/mol. The number of ether oxygens (including phenoxy) is 1. The maximum absolute atomic E-state index is 9.10. The van der Waals surface area contributed by atoms with Gasteiger partial charge in [-0.3, -0.25) is 0 Å². The molecule has 0 aromatic heterocycles. The Kier molecular flexibility index (Phi) is 6.20. The van der Waals surface area contributed by atoms with Crippen LogP contribution in [0.5, 0.6) is 0 Å². The first-order valence-electron chi connectivity index (χ1n) is 6.11. The highest BCUT2D eigenvalue weighted by molar-refractivity contribution is 4.75. The largest absolute Gasteiger partial charge is 0.396 e. The molecule has 0 radical (unpaired) electrons. The Morgan fingerprint density at radius 1 is 1.21 bits per heavy atom. The lowest BCUT2D eigenvalue weighted by Crippen LogP contribution is -2.18. The van der Waals surface area contributed by atoms with E-state index in [1.807, 2.05) is 0 Å². The van der Waals surface area contributed by atoms with Gasteiger partial charge in [0.15, 0.2) is 0 Å². The highest BCUT2D eigenvalue weighted by Gasteiger charge is 2.26. The van der Waals surface area contributed by atoms with Gasteiger partial charge in [-0.25, -0.2) is 0 Å². The molecule has 0 saturated carbocycles. The molecular formula is C12H24O2. The minimum absolute atomic E-state index is 0.305.